The van der Waals surface area contributed by atoms with Crippen LogP contribution in [-0.4, -0.2) is 29.7 Å². The lowest BCUT2D eigenvalue weighted by Gasteiger charge is -2.38. The number of carbonyl (C=O) groups excluding carboxylic acids is 1. The fourth-order valence-corrected chi connectivity index (χ4v) is 3.24. The Balaban J connectivity index is 1.57. The maximum absolute atomic E-state index is 12.6. The number of hydrogen-bond acceptors (Lipinski definition) is 3. The first-order chi connectivity index (χ1) is 12.8. The third kappa shape index (κ3) is 4.73. The van der Waals surface area contributed by atoms with Crippen molar-refractivity contribution in [3.05, 3.63) is 84.4 Å². The van der Waals surface area contributed by atoms with Gasteiger partial charge in [-0.2, -0.15) is 0 Å². The number of carbonyl (C=O) groups is 1. The summed E-state index contributed by atoms with van der Waals surface area (Å²) in [6.07, 6.45) is 3.21. The third-order valence-corrected chi connectivity index (χ3v) is 4.62. The van der Waals surface area contributed by atoms with Crippen LogP contribution >= 0.6 is 0 Å². The molecule has 26 heavy (non-hydrogen) atoms. The highest BCUT2D eigenvalue weighted by atomic mass is 16.6. The van der Waals surface area contributed by atoms with Crippen LogP contribution in [-0.2, 0) is 22.7 Å². The molecule has 1 fully saturated rings. The van der Waals surface area contributed by atoms with Gasteiger partial charge in [0.2, 0.25) is 0 Å². The molecular formula is C22H25NO3. The van der Waals surface area contributed by atoms with Crippen molar-refractivity contribution in [2.75, 3.05) is 6.54 Å². The summed E-state index contributed by atoms with van der Waals surface area (Å²) in [5.74, 6) is 0. The Kier molecular flexibility index (Phi) is 6.45. The molecule has 0 saturated carbocycles. The second-order valence-electron chi connectivity index (χ2n) is 6.44. The predicted octanol–water partition coefficient (Wildman–Crippen LogP) is 4.56. The molecule has 1 heterocycles. The van der Waals surface area contributed by atoms with Gasteiger partial charge in [-0.25, -0.2) is 4.79 Å². The van der Waals surface area contributed by atoms with Crippen LogP contribution in [0, 0.1) is 0 Å². The first-order valence-corrected chi connectivity index (χ1v) is 9.03. The maximum atomic E-state index is 12.6. The average Bonchev–Trinajstić information content (AvgIpc) is 2.71. The van der Waals surface area contributed by atoms with Crippen molar-refractivity contribution < 1.29 is 14.3 Å². The van der Waals surface area contributed by atoms with E-state index in [1.54, 1.807) is 11.0 Å². The molecule has 0 N–H and O–H groups in total. The third-order valence-electron chi connectivity index (χ3n) is 4.62. The molecule has 1 aliphatic heterocycles. The monoisotopic (exact) mass is 351 g/mol. The molecule has 2 aromatic carbocycles. The van der Waals surface area contributed by atoms with Crippen LogP contribution in [0.4, 0.5) is 4.79 Å². The van der Waals surface area contributed by atoms with E-state index < -0.39 is 0 Å². The second kappa shape index (κ2) is 9.20. The van der Waals surface area contributed by atoms with Gasteiger partial charge in [0, 0.05) is 6.54 Å². The minimum atomic E-state index is -0.313. The maximum Gasteiger partial charge on any atom is 0.410 e. The van der Waals surface area contributed by atoms with E-state index in [0.717, 1.165) is 24.0 Å². The zero-order chi connectivity index (χ0) is 18.2. The predicted molar refractivity (Wildman–Crippen MR) is 102 cm³/mol. The van der Waals surface area contributed by atoms with E-state index in [4.69, 9.17) is 9.47 Å². The summed E-state index contributed by atoms with van der Waals surface area (Å²) in [5, 5.41) is 0. The van der Waals surface area contributed by atoms with E-state index in [9.17, 15) is 4.79 Å². The summed E-state index contributed by atoms with van der Waals surface area (Å²) >= 11 is 0. The number of amides is 1. The fourth-order valence-electron chi connectivity index (χ4n) is 3.24. The highest BCUT2D eigenvalue weighted by Gasteiger charge is 2.34. The average molecular weight is 351 g/mol. The van der Waals surface area contributed by atoms with Gasteiger partial charge in [-0.1, -0.05) is 66.7 Å². The van der Waals surface area contributed by atoms with Crippen molar-refractivity contribution >= 4 is 6.09 Å². The summed E-state index contributed by atoms with van der Waals surface area (Å²) in [7, 11) is 0. The number of nitrogens with zero attached hydrogens (tertiary/aromatic N) is 1. The number of ether oxygens (including phenoxy) is 2. The molecule has 4 heteroatoms. The fraction of sp³-hybridized carbons (Fsp3) is 0.318. The van der Waals surface area contributed by atoms with Crippen molar-refractivity contribution in [2.24, 2.45) is 0 Å². The molecule has 2 atom stereocenters. The molecule has 3 rings (SSSR count). The summed E-state index contributed by atoms with van der Waals surface area (Å²) in [5.41, 5.74) is 2.10. The SMILES string of the molecule is C=C[C@@H]1[C@@H](OCc2ccccc2)CCCN1C(=O)OCc1ccccc1. The molecule has 1 saturated heterocycles. The largest absolute Gasteiger partial charge is 0.445 e. The minimum Gasteiger partial charge on any atom is -0.445 e. The van der Waals surface area contributed by atoms with Gasteiger partial charge >= 0.3 is 6.09 Å². The Morgan fingerprint density at radius 2 is 1.65 bits per heavy atom. The number of piperidine rings is 1. The molecular weight excluding hydrogens is 326 g/mol. The molecule has 0 spiro atoms. The highest BCUT2D eigenvalue weighted by molar-refractivity contribution is 5.68. The molecule has 0 aliphatic carbocycles. The molecule has 2 aromatic rings. The van der Waals surface area contributed by atoms with Crippen LogP contribution < -0.4 is 0 Å². The lowest BCUT2D eigenvalue weighted by molar-refractivity contribution is -0.0342. The standard InChI is InChI=1S/C22H25NO3/c1-2-20-21(25-16-18-10-5-3-6-11-18)14-9-15-23(20)22(24)26-17-19-12-7-4-8-13-19/h2-8,10-13,20-21H,1,9,14-17H2/t20-,21+/m1/s1. The zero-order valence-electron chi connectivity index (χ0n) is 14.9. The van der Waals surface area contributed by atoms with E-state index in [1.807, 2.05) is 60.7 Å². The first kappa shape index (κ1) is 18.2. The quantitative estimate of drug-likeness (QED) is 0.716. The Bertz CT molecular complexity index is 702. The van der Waals surface area contributed by atoms with Crippen LogP contribution in [0.25, 0.3) is 0 Å². The molecule has 0 unspecified atom stereocenters. The van der Waals surface area contributed by atoms with Crippen molar-refractivity contribution in [3.8, 4) is 0 Å². The Morgan fingerprint density at radius 3 is 2.27 bits per heavy atom. The van der Waals surface area contributed by atoms with E-state index in [1.165, 1.54) is 0 Å². The zero-order valence-corrected chi connectivity index (χ0v) is 14.9. The smallest absolute Gasteiger partial charge is 0.410 e. The van der Waals surface area contributed by atoms with Crippen LogP contribution in [0.1, 0.15) is 24.0 Å². The molecule has 0 aromatic heterocycles. The van der Waals surface area contributed by atoms with E-state index in [0.29, 0.717) is 13.2 Å². The highest BCUT2D eigenvalue weighted by Crippen LogP contribution is 2.23. The first-order valence-electron chi connectivity index (χ1n) is 9.03. The lowest BCUT2D eigenvalue weighted by atomic mass is 9.99. The molecule has 1 amide bonds. The topological polar surface area (TPSA) is 38.8 Å². The van der Waals surface area contributed by atoms with Crippen molar-refractivity contribution in [1.82, 2.24) is 4.90 Å². The summed E-state index contributed by atoms with van der Waals surface area (Å²) in [4.78, 5) is 14.3. The number of likely N-dealkylation sites (tertiary alicyclic amines) is 1. The van der Waals surface area contributed by atoms with Gasteiger partial charge in [-0.05, 0) is 24.0 Å². The van der Waals surface area contributed by atoms with Gasteiger partial charge in [0.15, 0.2) is 0 Å². The van der Waals surface area contributed by atoms with Crippen LogP contribution in [0.15, 0.2) is 73.3 Å². The van der Waals surface area contributed by atoms with Gasteiger partial charge < -0.3 is 9.47 Å². The summed E-state index contributed by atoms with van der Waals surface area (Å²) < 4.78 is 11.6. The Labute approximate surface area is 155 Å². The van der Waals surface area contributed by atoms with E-state index in [2.05, 4.69) is 6.58 Å². The van der Waals surface area contributed by atoms with Crippen molar-refractivity contribution in [1.29, 1.82) is 0 Å². The second-order valence-corrected chi connectivity index (χ2v) is 6.44. The molecule has 1 aliphatic rings. The van der Waals surface area contributed by atoms with E-state index in [-0.39, 0.29) is 24.8 Å². The normalized spacial score (nSPS) is 19.8. The molecule has 0 radical (unpaired) electrons. The Morgan fingerprint density at radius 1 is 1.04 bits per heavy atom. The van der Waals surface area contributed by atoms with Crippen LogP contribution in [0.2, 0.25) is 0 Å². The van der Waals surface area contributed by atoms with Gasteiger partial charge in [-0.15, -0.1) is 6.58 Å². The summed E-state index contributed by atoms with van der Waals surface area (Å²) in [6, 6.07) is 19.6. The molecule has 4 nitrogen and oxygen atoms in total. The lowest BCUT2D eigenvalue weighted by Crippen LogP contribution is -2.50. The van der Waals surface area contributed by atoms with Gasteiger partial charge in [-0.3, -0.25) is 4.90 Å². The summed E-state index contributed by atoms with van der Waals surface area (Å²) in [6.45, 7) is 5.38. The molecule has 136 valence electrons. The number of rotatable bonds is 6. The molecule has 0 bridgehead atoms. The van der Waals surface area contributed by atoms with Gasteiger partial charge in [0.25, 0.3) is 0 Å². The van der Waals surface area contributed by atoms with Crippen molar-refractivity contribution in [2.45, 2.75) is 38.2 Å². The van der Waals surface area contributed by atoms with Crippen LogP contribution in [0.5, 0.6) is 0 Å². The van der Waals surface area contributed by atoms with E-state index >= 15 is 0 Å². The van der Waals surface area contributed by atoms with Crippen LogP contribution in [0.3, 0.4) is 0 Å². The number of hydrogen-bond donors (Lipinski definition) is 0. The van der Waals surface area contributed by atoms with Gasteiger partial charge in [0.05, 0.1) is 18.8 Å². The van der Waals surface area contributed by atoms with Gasteiger partial charge in [0.1, 0.15) is 6.61 Å². The Hall–Kier alpha value is -2.59. The minimum absolute atomic E-state index is 0.0641. The number of benzene rings is 2. The van der Waals surface area contributed by atoms with Crippen molar-refractivity contribution in [3.63, 3.8) is 0 Å².